The SMILES string of the molecule is Oc1ccc(C(F)(F)C(F)(F)C(F)(F)C(F)(F)C(F)(F)C(F)(F)C(F)(F)C(F)(F)C(F)(F)C(F)(F)F)cc1C=NCCN=Cc1cc(C(F)(F)C(F)(F)C(F)(F)C(F)(F)C(F)(F)C(F)(F)C(F)(F)C(F)(F)C(F)(F)C(F)(F)F)ccc1O. The van der Waals surface area contributed by atoms with Gasteiger partial charge in [-0.15, -0.1) is 0 Å². The minimum absolute atomic E-state index is 0.191. The van der Waals surface area contributed by atoms with Gasteiger partial charge in [0.05, 0.1) is 13.1 Å². The normalized spacial score (nSPS) is 16.3. The van der Waals surface area contributed by atoms with E-state index in [1.165, 1.54) is 0 Å². The predicted octanol–water partition coefficient (Wildman–Crippen LogP) is 16.1. The maximum atomic E-state index is 14.9. The second-order valence-electron chi connectivity index (χ2n) is 16.0. The van der Waals surface area contributed by atoms with Crippen LogP contribution in [0.25, 0.3) is 0 Å². The summed E-state index contributed by atoms with van der Waals surface area (Å²) in [5.74, 6) is -164. The van der Waals surface area contributed by atoms with Gasteiger partial charge in [-0.05, 0) is 36.4 Å². The van der Waals surface area contributed by atoms with Crippen LogP contribution in [0.1, 0.15) is 22.3 Å². The van der Waals surface area contributed by atoms with Crippen molar-refractivity contribution in [1.82, 2.24) is 0 Å². The zero-order chi connectivity index (χ0) is 65.9. The number of hydrogen-bond acceptors (Lipinski definition) is 4. The molecule has 46 heteroatoms. The van der Waals surface area contributed by atoms with Crippen LogP contribution in [0.2, 0.25) is 0 Å². The Bertz CT molecular complexity index is 2510. The number of alkyl halides is 42. The number of phenolic OH excluding ortho intramolecular Hbond substituents is 2. The Labute approximate surface area is 420 Å². The first-order chi connectivity index (χ1) is 35.5. The van der Waals surface area contributed by atoms with Gasteiger partial charge in [0.2, 0.25) is 0 Å². The molecule has 0 fully saturated rings. The third-order valence-electron chi connectivity index (χ3n) is 10.6. The molecular formula is C36H14F42N2O2. The predicted molar refractivity (Wildman–Crippen MR) is 180 cm³/mol. The van der Waals surface area contributed by atoms with E-state index in [0.29, 0.717) is 0 Å². The van der Waals surface area contributed by atoms with Crippen molar-refractivity contribution < 1.29 is 195 Å². The first-order valence-corrected chi connectivity index (χ1v) is 19.1. The molecule has 0 unspecified atom stereocenters. The van der Waals surface area contributed by atoms with Gasteiger partial charge in [-0.1, -0.05) is 0 Å². The molecule has 2 N–H and O–H groups in total. The van der Waals surface area contributed by atoms with Gasteiger partial charge in [0.25, 0.3) is 0 Å². The minimum Gasteiger partial charge on any atom is -0.507 e. The van der Waals surface area contributed by atoms with Crippen LogP contribution in [0.15, 0.2) is 46.4 Å². The average Bonchev–Trinajstić information content (AvgIpc) is 3.29. The number of nitrogens with zero attached hydrogens (tertiary/aromatic N) is 2. The number of halogens is 42. The van der Waals surface area contributed by atoms with Crippen LogP contribution < -0.4 is 0 Å². The number of benzene rings is 2. The van der Waals surface area contributed by atoms with Crippen LogP contribution in [0.3, 0.4) is 0 Å². The van der Waals surface area contributed by atoms with Gasteiger partial charge in [0.1, 0.15) is 11.5 Å². The van der Waals surface area contributed by atoms with Crippen LogP contribution in [-0.2, 0) is 11.8 Å². The fraction of sp³-hybridized carbons (Fsp3) is 0.611. The highest BCUT2D eigenvalue weighted by Gasteiger charge is 3.00. The Balaban J connectivity index is 2.54. The molecule has 0 bridgehead atoms. The molecule has 0 saturated heterocycles. The zero-order valence-electron chi connectivity index (χ0n) is 36.7. The minimum atomic E-state index is -9.51. The summed E-state index contributed by atoms with van der Waals surface area (Å²) in [5, 5.41) is 19.5. The molecule has 0 aromatic heterocycles. The Kier molecular flexibility index (Phi) is 17.7. The number of rotatable bonds is 23. The molecule has 0 saturated carbocycles. The highest BCUT2D eigenvalue weighted by atomic mass is 19.5. The highest BCUT2D eigenvalue weighted by Crippen LogP contribution is 2.69. The molecule has 0 aliphatic carbocycles. The molecule has 0 atom stereocenters. The lowest BCUT2D eigenvalue weighted by Crippen LogP contribution is -2.76. The zero-order valence-corrected chi connectivity index (χ0v) is 36.7. The Hall–Kier alpha value is -5.56. The van der Waals surface area contributed by atoms with E-state index in [4.69, 9.17) is 0 Å². The van der Waals surface area contributed by atoms with Gasteiger partial charge in [-0.3, -0.25) is 9.98 Å². The molecule has 0 aliphatic heterocycles. The molecule has 0 radical (unpaired) electrons. The van der Waals surface area contributed by atoms with Crippen molar-refractivity contribution in [3.63, 3.8) is 0 Å². The van der Waals surface area contributed by atoms with Crippen molar-refractivity contribution in [3.8, 4) is 11.5 Å². The van der Waals surface area contributed by atoms with Gasteiger partial charge < -0.3 is 10.2 Å². The van der Waals surface area contributed by atoms with Crippen LogP contribution in [-0.4, -0.2) is 143 Å². The third-order valence-corrected chi connectivity index (χ3v) is 10.6. The van der Waals surface area contributed by atoms with Crippen molar-refractivity contribution in [2.75, 3.05) is 13.1 Å². The molecule has 4 nitrogen and oxygen atoms in total. The molecule has 82 heavy (non-hydrogen) atoms. The first kappa shape index (κ1) is 72.5. The topological polar surface area (TPSA) is 65.2 Å². The van der Waals surface area contributed by atoms with Crippen molar-refractivity contribution in [1.29, 1.82) is 0 Å². The van der Waals surface area contributed by atoms with E-state index in [1.807, 2.05) is 0 Å². The lowest BCUT2D eigenvalue weighted by Gasteiger charge is -2.44. The Morgan fingerprint density at radius 2 is 0.427 bits per heavy atom. The maximum Gasteiger partial charge on any atom is 0.460 e. The molecule has 2 rings (SSSR count). The van der Waals surface area contributed by atoms with E-state index in [1.54, 1.807) is 0 Å². The second-order valence-corrected chi connectivity index (χ2v) is 16.0. The Morgan fingerprint density at radius 3 is 0.610 bits per heavy atom. The summed E-state index contributed by atoms with van der Waals surface area (Å²) in [7, 11) is 0. The monoisotopic (exact) mass is 1300 g/mol. The summed E-state index contributed by atoms with van der Waals surface area (Å²) in [6, 6.07) is -4.07. The number of aliphatic imine (C=N–C) groups is 2. The first-order valence-electron chi connectivity index (χ1n) is 19.1. The summed E-state index contributed by atoms with van der Waals surface area (Å²) in [4.78, 5) is 6.05. The molecule has 2 aromatic rings. The van der Waals surface area contributed by atoms with Gasteiger partial charge >= 0.3 is 119 Å². The quantitative estimate of drug-likeness (QED) is 0.0662. The molecule has 0 amide bonds. The number of phenols is 2. The second kappa shape index (κ2) is 20.0. The highest BCUT2D eigenvalue weighted by molar-refractivity contribution is 5.84. The van der Waals surface area contributed by atoms with E-state index in [-0.39, 0.29) is 12.4 Å². The molecule has 474 valence electrons. The van der Waals surface area contributed by atoms with E-state index in [0.717, 1.165) is 0 Å². The maximum absolute atomic E-state index is 14.9. The van der Waals surface area contributed by atoms with E-state index in [9.17, 15) is 195 Å². The lowest BCUT2D eigenvalue weighted by molar-refractivity contribution is -0.474. The summed E-state index contributed by atoms with van der Waals surface area (Å²) < 4.78 is 580. The molecular weight excluding hydrogens is 1290 g/mol. The molecule has 2 aromatic carbocycles. The lowest BCUT2D eigenvalue weighted by atomic mass is 9.85. The van der Waals surface area contributed by atoms with Crippen molar-refractivity contribution in [3.05, 3.63) is 58.7 Å². The smallest absolute Gasteiger partial charge is 0.460 e. The van der Waals surface area contributed by atoms with E-state index in [2.05, 4.69) is 9.98 Å². The summed E-state index contributed by atoms with van der Waals surface area (Å²) >= 11 is 0. The summed E-state index contributed by atoms with van der Waals surface area (Å²) in [6.45, 7) is -2.54. The summed E-state index contributed by atoms with van der Waals surface area (Å²) in [6.07, 6.45) is -16.8. The third kappa shape index (κ3) is 9.70. The van der Waals surface area contributed by atoms with E-state index < -0.39 is 202 Å². The number of hydrogen-bond donors (Lipinski definition) is 2. The van der Waals surface area contributed by atoms with Gasteiger partial charge in [0, 0.05) is 34.7 Å². The van der Waals surface area contributed by atoms with Crippen molar-refractivity contribution >= 4 is 12.4 Å². The molecule has 0 heterocycles. The fourth-order valence-corrected chi connectivity index (χ4v) is 5.63. The van der Waals surface area contributed by atoms with Gasteiger partial charge in [-0.2, -0.15) is 184 Å². The van der Waals surface area contributed by atoms with Gasteiger partial charge in [-0.25, -0.2) is 0 Å². The van der Waals surface area contributed by atoms with Crippen LogP contribution in [0.4, 0.5) is 184 Å². The van der Waals surface area contributed by atoms with Crippen LogP contribution in [0.5, 0.6) is 11.5 Å². The van der Waals surface area contributed by atoms with Crippen molar-refractivity contribution in [2.24, 2.45) is 9.98 Å². The van der Waals surface area contributed by atoms with Crippen LogP contribution in [0, 0.1) is 0 Å². The molecule has 0 aliphatic rings. The number of aromatic hydroxyl groups is 2. The Morgan fingerprint density at radius 1 is 0.256 bits per heavy atom. The summed E-state index contributed by atoms with van der Waals surface area (Å²) in [5.41, 5.74) is -9.37. The largest absolute Gasteiger partial charge is 0.507 e. The standard InChI is InChI=1S/C36H14F42N2O2/c37-17(38,19(41,42)21(45,46)23(49,50)25(53,54)27(57,58)29(61,62)31(65,66)33(69,70)35(73,74)75)13-1-3-15(81)11(7-13)9-79-5-6-80-10-12-8-14(2-4-16(12)82)18(39,40)20(43,44)22(47,48)24(51,52)26(55,56)28(59,60)30(63,64)32(67,68)34(71,72)36(76,77)78/h1-4,7-10,81-82H,5-6H2. The van der Waals surface area contributed by atoms with E-state index >= 15 is 0 Å². The fourth-order valence-electron chi connectivity index (χ4n) is 5.63. The van der Waals surface area contributed by atoms with Gasteiger partial charge in [0.15, 0.2) is 0 Å². The molecule has 0 spiro atoms. The average molecular weight is 1300 g/mol. The van der Waals surface area contributed by atoms with Crippen molar-refractivity contribution in [2.45, 2.75) is 119 Å². The van der Waals surface area contributed by atoms with Crippen LogP contribution >= 0.6 is 0 Å².